The first-order valence-corrected chi connectivity index (χ1v) is 18.8. The second-order valence-electron chi connectivity index (χ2n) is 10.2. The van der Waals surface area contributed by atoms with Crippen LogP contribution in [0.2, 0.25) is 0 Å². The molecule has 0 fully saturated rings. The summed E-state index contributed by atoms with van der Waals surface area (Å²) in [5, 5.41) is 8.39. The van der Waals surface area contributed by atoms with Gasteiger partial charge < -0.3 is 12.4 Å². The largest absolute Gasteiger partial charge is 0.0622 e. The summed E-state index contributed by atoms with van der Waals surface area (Å²) >= 11 is 2.74. The van der Waals surface area contributed by atoms with Crippen LogP contribution >= 0.6 is 15.8 Å². The van der Waals surface area contributed by atoms with Crippen molar-refractivity contribution >= 4 is 52.3 Å². The Labute approximate surface area is 298 Å². The Morgan fingerprint density at radius 2 is 0.447 bits per heavy atom. The molecular weight excluding hydrogens is 717 g/mol. The van der Waals surface area contributed by atoms with E-state index in [-0.39, 0.29) is 12.4 Å². The summed E-state index contributed by atoms with van der Waals surface area (Å²) in [5.74, 6) is 0. The maximum Gasteiger partial charge on any atom is -0.0134 e. The molecule has 0 spiro atoms. The molecule has 47 heavy (non-hydrogen) atoms. The summed E-state index contributed by atoms with van der Waals surface area (Å²) < 4.78 is 1.97. The Morgan fingerprint density at radius 3 is 0.596 bits per heavy atom. The van der Waals surface area contributed by atoms with Crippen molar-refractivity contribution in [2.24, 2.45) is 0 Å². The zero-order valence-electron chi connectivity index (χ0n) is 25.9. The van der Waals surface area contributed by atoms with Gasteiger partial charge in [0.1, 0.15) is 0 Å². The van der Waals surface area contributed by atoms with Gasteiger partial charge in [-0.2, -0.15) is 0 Å². The fourth-order valence-electron chi connectivity index (χ4n) is 4.87. The van der Waals surface area contributed by atoms with Crippen LogP contribution in [0.1, 0.15) is 5.56 Å². The molecule has 0 heterocycles. The summed E-state index contributed by atoms with van der Waals surface area (Å²) in [5.41, 5.74) is 1.24. The third kappa shape index (κ3) is 11.1. The minimum Gasteiger partial charge on any atom is -0.0622 e. The second kappa shape index (κ2) is 20.4. The van der Waals surface area contributed by atoms with Gasteiger partial charge in [0, 0.05) is 0 Å². The van der Waals surface area contributed by atoms with Gasteiger partial charge in [-0.05, 0) is 47.7 Å². The van der Waals surface area contributed by atoms with E-state index in [1.807, 2.05) is 22.8 Å². The molecule has 7 aromatic carbocycles. The fourth-order valence-corrected chi connectivity index (χ4v) is 9.80. The van der Waals surface area contributed by atoms with Crippen molar-refractivity contribution in [3.8, 4) is 0 Å². The van der Waals surface area contributed by atoms with Crippen molar-refractivity contribution in [2.75, 3.05) is 0 Å². The molecule has 7 rings (SSSR count). The second-order valence-corrected chi connectivity index (χ2v) is 15.1. The minimum atomic E-state index is -0.446. The van der Waals surface area contributed by atoms with E-state index in [0.717, 1.165) is 0 Å². The molecule has 0 aliphatic carbocycles. The van der Waals surface area contributed by atoms with Gasteiger partial charge in [-0.3, -0.25) is 0 Å². The summed E-state index contributed by atoms with van der Waals surface area (Å²) in [6.07, 6.45) is 0. The minimum absolute atomic E-state index is 0. The molecule has 4 heteroatoms. The number of hydrogen-bond acceptors (Lipinski definition) is 0. The van der Waals surface area contributed by atoms with Crippen LogP contribution in [-0.4, -0.2) is 4.61 Å². The Morgan fingerprint density at radius 1 is 0.277 bits per heavy atom. The van der Waals surface area contributed by atoms with Crippen LogP contribution in [0.5, 0.6) is 0 Å². The molecule has 0 atom stereocenters. The molecule has 7 aromatic rings. The van der Waals surface area contributed by atoms with Crippen LogP contribution in [0.3, 0.4) is 0 Å². The molecule has 0 N–H and O–H groups in total. The van der Waals surface area contributed by atoms with E-state index in [2.05, 4.69) is 212 Å². The molecule has 234 valence electrons. The van der Waals surface area contributed by atoms with Gasteiger partial charge in [0.25, 0.3) is 0 Å². The van der Waals surface area contributed by atoms with Crippen molar-refractivity contribution in [3.63, 3.8) is 0 Å². The quantitative estimate of drug-likeness (QED) is 0.154. The van der Waals surface area contributed by atoms with Crippen molar-refractivity contribution < 1.29 is 30.3 Å². The van der Waals surface area contributed by atoms with E-state index < -0.39 is 15.8 Å². The van der Waals surface area contributed by atoms with Crippen molar-refractivity contribution in [2.45, 2.75) is 0 Å². The summed E-state index contributed by atoms with van der Waals surface area (Å²) in [6.45, 7) is 0. The average Bonchev–Trinajstić information content (AvgIpc) is 3.15. The smallest absolute Gasteiger partial charge is 0.0134 e. The molecule has 0 unspecified atom stereocenters. The molecule has 0 amide bonds. The van der Waals surface area contributed by atoms with Crippen LogP contribution in [-0.2, 0) is 17.9 Å². The third-order valence-electron chi connectivity index (χ3n) is 7.00. The maximum absolute atomic E-state index is 2.74. The standard InChI is InChI=1S/2C18H15P.C7H6.ClH.Rh/c2*1-4-10-16(11-5-1)19(17-12-6-2-7-13-17)18-14-8-3-9-15-18;1-7-5-3-2-4-6-7;;/h2*1-15H;1-6H;1H;/q;;;;+1/p-1. The predicted octanol–water partition coefficient (Wildman–Crippen LogP) is 5.28. The zero-order chi connectivity index (χ0) is 31.7. The van der Waals surface area contributed by atoms with E-state index in [1.54, 1.807) is 0 Å². The molecule has 0 aliphatic heterocycles. The number of benzene rings is 7. The van der Waals surface area contributed by atoms with E-state index >= 15 is 0 Å². The Hall–Kier alpha value is -3.82. The number of hydrogen-bond donors (Lipinski definition) is 0. The van der Waals surface area contributed by atoms with Crippen LogP contribution in [0.25, 0.3) is 0 Å². The molecule has 0 saturated carbocycles. The normalized spacial score (nSPS) is 10.0. The average molecular weight is 753 g/mol. The fraction of sp³-hybridized carbons (Fsp3) is 0. The van der Waals surface area contributed by atoms with Gasteiger partial charge in [-0.1, -0.05) is 182 Å². The van der Waals surface area contributed by atoms with Crippen LogP contribution in [0, 0.1) is 0 Å². The SMILES string of the molecule is [Cl-].[Rh+]=[CH]c1ccccc1.c1ccc(P(c2ccccc2)c2ccccc2)cc1.c1ccc(P(c2ccccc2)c2ccccc2)cc1. The first kappa shape index (κ1) is 36.0. The molecule has 0 saturated heterocycles. The molecule has 0 nitrogen and oxygen atoms in total. The number of rotatable bonds is 7. The van der Waals surface area contributed by atoms with Gasteiger partial charge in [0.2, 0.25) is 0 Å². The Bertz CT molecular complexity index is 1520. The zero-order valence-corrected chi connectivity index (χ0v) is 30.1. The van der Waals surface area contributed by atoms with Crippen molar-refractivity contribution in [1.82, 2.24) is 0 Å². The van der Waals surface area contributed by atoms with E-state index in [9.17, 15) is 0 Å². The van der Waals surface area contributed by atoms with E-state index in [4.69, 9.17) is 0 Å². The third-order valence-corrected chi connectivity index (χ3v) is 12.4. The molecular formula is C43H36ClP2Rh. The first-order chi connectivity index (χ1) is 22.8. The molecule has 0 bridgehead atoms. The van der Waals surface area contributed by atoms with E-state index in [0.29, 0.717) is 0 Å². The van der Waals surface area contributed by atoms with Crippen molar-refractivity contribution in [3.05, 3.63) is 218 Å². The van der Waals surface area contributed by atoms with Crippen LogP contribution in [0.4, 0.5) is 0 Å². The molecule has 0 aromatic heterocycles. The summed E-state index contributed by atoms with van der Waals surface area (Å²) in [6, 6.07) is 74.8. The summed E-state index contributed by atoms with van der Waals surface area (Å²) in [4.78, 5) is 0. The molecule has 0 aliphatic rings. The maximum atomic E-state index is 2.74. The van der Waals surface area contributed by atoms with Crippen molar-refractivity contribution in [1.29, 1.82) is 0 Å². The van der Waals surface area contributed by atoms with Gasteiger partial charge in [0.05, 0.1) is 0 Å². The Balaban J connectivity index is 0.000000171. The Kier molecular flexibility index (Phi) is 15.7. The monoisotopic (exact) mass is 752 g/mol. The summed E-state index contributed by atoms with van der Waals surface area (Å²) in [7, 11) is -0.892. The van der Waals surface area contributed by atoms with E-state index in [1.165, 1.54) is 37.4 Å². The number of halogens is 1. The van der Waals surface area contributed by atoms with Gasteiger partial charge in [-0.15, -0.1) is 0 Å². The topological polar surface area (TPSA) is 0 Å². The van der Waals surface area contributed by atoms with Crippen LogP contribution < -0.4 is 44.2 Å². The van der Waals surface area contributed by atoms with Crippen LogP contribution in [0.15, 0.2) is 212 Å². The first-order valence-electron chi connectivity index (χ1n) is 15.2. The predicted molar refractivity (Wildman–Crippen MR) is 202 cm³/mol. The van der Waals surface area contributed by atoms with Gasteiger partial charge >= 0.3 is 58.4 Å². The van der Waals surface area contributed by atoms with Gasteiger partial charge in [0.15, 0.2) is 0 Å². The van der Waals surface area contributed by atoms with Gasteiger partial charge in [-0.25, -0.2) is 0 Å². The molecule has 0 radical (unpaired) electrons.